The summed E-state index contributed by atoms with van der Waals surface area (Å²) in [7, 11) is 0. The molecule has 2 atom stereocenters. The van der Waals surface area contributed by atoms with Gasteiger partial charge in [0.05, 0.1) is 6.61 Å². The molecular formula is C17H26N2O2. The van der Waals surface area contributed by atoms with E-state index in [0.29, 0.717) is 18.6 Å². The van der Waals surface area contributed by atoms with Crippen molar-refractivity contribution < 1.29 is 9.53 Å². The van der Waals surface area contributed by atoms with Crippen molar-refractivity contribution in [1.29, 1.82) is 0 Å². The van der Waals surface area contributed by atoms with Gasteiger partial charge in [-0.25, -0.2) is 0 Å². The largest absolute Gasteiger partial charge is 0.494 e. The molecule has 2 N–H and O–H groups in total. The Kier molecular flexibility index (Phi) is 5.37. The fourth-order valence-electron chi connectivity index (χ4n) is 2.85. The SMILES string of the molecule is CCOc1ccc(C(C)=O)cc1CN1CCC(N)C(C)C1. The van der Waals surface area contributed by atoms with Crippen LogP contribution in [0.4, 0.5) is 0 Å². The van der Waals surface area contributed by atoms with E-state index < -0.39 is 0 Å². The summed E-state index contributed by atoms with van der Waals surface area (Å²) in [5.74, 6) is 1.48. The zero-order valence-corrected chi connectivity index (χ0v) is 13.3. The van der Waals surface area contributed by atoms with Gasteiger partial charge in [0.1, 0.15) is 5.75 Å². The second-order valence-electron chi connectivity index (χ2n) is 5.98. The van der Waals surface area contributed by atoms with E-state index in [1.54, 1.807) is 6.92 Å². The van der Waals surface area contributed by atoms with Gasteiger partial charge in [-0.1, -0.05) is 6.92 Å². The lowest BCUT2D eigenvalue weighted by atomic mass is 9.94. The zero-order valence-electron chi connectivity index (χ0n) is 13.3. The van der Waals surface area contributed by atoms with E-state index in [1.807, 2.05) is 25.1 Å². The van der Waals surface area contributed by atoms with Gasteiger partial charge >= 0.3 is 0 Å². The fraction of sp³-hybridized carbons (Fsp3) is 0.588. The molecule has 1 fully saturated rings. The molecule has 0 aliphatic carbocycles. The molecule has 0 radical (unpaired) electrons. The first kappa shape index (κ1) is 16.0. The van der Waals surface area contributed by atoms with Gasteiger partial charge in [0.25, 0.3) is 0 Å². The highest BCUT2D eigenvalue weighted by atomic mass is 16.5. The normalized spacial score (nSPS) is 23.0. The Labute approximate surface area is 127 Å². The number of carbonyl (C=O) groups excluding carboxylic acids is 1. The number of likely N-dealkylation sites (tertiary alicyclic amines) is 1. The molecule has 1 heterocycles. The summed E-state index contributed by atoms with van der Waals surface area (Å²) < 4.78 is 5.70. The lowest BCUT2D eigenvalue weighted by Crippen LogP contribution is -2.45. The van der Waals surface area contributed by atoms with Crippen LogP contribution >= 0.6 is 0 Å². The lowest BCUT2D eigenvalue weighted by Gasteiger charge is -2.35. The molecule has 1 aliphatic rings. The van der Waals surface area contributed by atoms with Crippen LogP contribution in [0.1, 0.15) is 43.1 Å². The van der Waals surface area contributed by atoms with Gasteiger partial charge in [-0.05, 0) is 50.9 Å². The summed E-state index contributed by atoms with van der Waals surface area (Å²) in [6.45, 7) is 9.22. The molecule has 1 aliphatic heterocycles. The number of nitrogens with two attached hydrogens (primary N) is 1. The maximum atomic E-state index is 11.6. The van der Waals surface area contributed by atoms with Crippen molar-refractivity contribution >= 4 is 5.78 Å². The maximum Gasteiger partial charge on any atom is 0.159 e. The third-order valence-corrected chi connectivity index (χ3v) is 4.22. The van der Waals surface area contributed by atoms with Crippen molar-refractivity contribution in [2.45, 2.75) is 39.8 Å². The van der Waals surface area contributed by atoms with E-state index in [9.17, 15) is 4.79 Å². The topological polar surface area (TPSA) is 55.6 Å². The Morgan fingerprint density at radius 2 is 2.24 bits per heavy atom. The summed E-state index contributed by atoms with van der Waals surface area (Å²) in [6, 6.07) is 6.02. The third-order valence-electron chi connectivity index (χ3n) is 4.22. The van der Waals surface area contributed by atoms with E-state index in [0.717, 1.165) is 42.9 Å². The van der Waals surface area contributed by atoms with Crippen molar-refractivity contribution in [2.24, 2.45) is 11.7 Å². The highest BCUT2D eigenvalue weighted by Gasteiger charge is 2.23. The Bertz CT molecular complexity index is 502. The van der Waals surface area contributed by atoms with Crippen LogP contribution in [0.2, 0.25) is 0 Å². The number of hydrogen-bond donors (Lipinski definition) is 1. The van der Waals surface area contributed by atoms with Crippen LogP contribution in [0.3, 0.4) is 0 Å². The maximum absolute atomic E-state index is 11.6. The summed E-state index contributed by atoms with van der Waals surface area (Å²) in [5.41, 5.74) is 7.91. The first-order chi connectivity index (χ1) is 10.0. The highest BCUT2D eigenvalue weighted by Crippen LogP contribution is 2.25. The van der Waals surface area contributed by atoms with Crippen molar-refractivity contribution in [3.63, 3.8) is 0 Å². The van der Waals surface area contributed by atoms with Gasteiger partial charge < -0.3 is 10.5 Å². The average Bonchev–Trinajstić information content (AvgIpc) is 2.45. The minimum absolute atomic E-state index is 0.0910. The van der Waals surface area contributed by atoms with Crippen LogP contribution in [0, 0.1) is 5.92 Å². The molecule has 1 aromatic carbocycles. The quantitative estimate of drug-likeness (QED) is 0.846. The number of piperidine rings is 1. The van der Waals surface area contributed by atoms with Gasteiger partial charge in [0.15, 0.2) is 5.78 Å². The van der Waals surface area contributed by atoms with Crippen molar-refractivity contribution in [3.8, 4) is 5.75 Å². The molecule has 0 aromatic heterocycles. The summed E-state index contributed by atoms with van der Waals surface area (Å²) in [6.07, 6.45) is 1.03. The number of Topliss-reactive ketones (excluding diaryl/α,β-unsaturated/α-hetero) is 1. The molecular weight excluding hydrogens is 264 g/mol. The van der Waals surface area contributed by atoms with Crippen LogP contribution in [-0.2, 0) is 6.54 Å². The average molecular weight is 290 g/mol. The third kappa shape index (κ3) is 4.05. The predicted octanol–water partition coefficient (Wildman–Crippen LogP) is 2.46. The molecule has 0 bridgehead atoms. The second-order valence-corrected chi connectivity index (χ2v) is 5.98. The Hall–Kier alpha value is -1.39. The molecule has 0 spiro atoms. The van der Waals surface area contributed by atoms with E-state index in [4.69, 9.17) is 10.5 Å². The standard InChI is InChI=1S/C17H26N2O2/c1-4-21-17-6-5-14(13(3)20)9-15(17)11-19-8-7-16(18)12(2)10-19/h5-6,9,12,16H,4,7-8,10-11,18H2,1-3H3. The molecule has 4 nitrogen and oxygen atoms in total. The molecule has 4 heteroatoms. The van der Waals surface area contributed by atoms with Crippen LogP contribution in [0.15, 0.2) is 18.2 Å². The lowest BCUT2D eigenvalue weighted by molar-refractivity contribution is 0.101. The van der Waals surface area contributed by atoms with E-state index in [-0.39, 0.29) is 5.78 Å². The number of carbonyl (C=O) groups is 1. The Balaban J connectivity index is 2.16. The highest BCUT2D eigenvalue weighted by molar-refractivity contribution is 5.94. The summed E-state index contributed by atoms with van der Waals surface area (Å²) >= 11 is 0. The van der Waals surface area contributed by atoms with Gasteiger partial charge in [-0.15, -0.1) is 0 Å². The first-order valence-electron chi connectivity index (χ1n) is 7.75. The number of benzene rings is 1. The predicted molar refractivity (Wildman–Crippen MR) is 84.6 cm³/mol. The van der Waals surface area contributed by atoms with Gasteiger partial charge in [0.2, 0.25) is 0 Å². The van der Waals surface area contributed by atoms with E-state index >= 15 is 0 Å². The van der Waals surface area contributed by atoms with Crippen molar-refractivity contribution in [1.82, 2.24) is 4.90 Å². The van der Waals surface area contributed by atoms with E-state index in [2.05, 4.69) is 11.8 Å². The molecule has 1 aromatic rings. The Morgan fingerprint density at radius 1 is 1.48 bits per heavy atom. The number of rotatable bonds is 5. The Morgan fingerprint density at radius 3 is 2.86 bits per heavy atom. The monoisotopic (exact) mass is 290 g/mol. The first-order valence-corrected chi connectivity index (χ1v) is 7.75. The molecule has 2 rings (SSSR count). The molecule has 21 heavy (non-hydrogen) atoms. The second kappa shape index (κ2) is 7.05. The van der Waals surface area contributed by atoms with Gasteiger partial charge in [-0.2, -0.15) is 0 Å². The molecule has 1 saturated heterocycles. The number of ether oxygens (including phenoxy) is 1. The van der Waals surface area contributed by atoms with Crippen LogP contribution < -0.4 is 10.5 Å². The molecule has 0 amide bonds. The van der Waals surface area contributed by atoms with Gasteiger partial charge in [-0.3, -0.25) is 9.69 Å². The fourth-order valence-corrected chi connectivity index (χ4v) is 2.85. The van der Waals surface area contributed by atoms with Gasteiger partial charge in [0, 0.05) is 30.3 Å². The van der Waals surface area contributed by atoms with Crippen molar-refractivity contribution in [3.05, 3.63) is 29.3 Å². The molecule has 116 valence electrons. The minimum atomic E-state index is 0.0910. The van der Waals surface area contributed by atoms with E-state index in [1.165, 1.54) is 0 Å². The summed E-state index contributed by atoms with van der Waals surface area (Å²) in [5, 5.41) is 0. The van der Waals surface area contributed by atoms with Crippen LogP contribution in [0.25, 0.3) is 0 Å². The van der Waals surface area contributed by atoms with Crippen LogP contribution in [-0.4, -0.2) is 36.4 Å². The van der Waals surface area contributed by atoms with Crippen LogP contribution in [0.5, 0.6) is 5.75 Å². The number of nitrogens with zero attached hydrogens (tertiary/aromatic N) is 1. The smallest absolute Gasteiger partial charge is 0.159 e. The molecule has 2 unspecified atom stereocenters. The number of hydrogen-bond acceptors (Lipinski definition) is 4. The molecule has 0 saturated carbocycles. The zero-order chi connectivity index (χ0) is 15.4. The van der Waals surface area contributed by atoms with Crippen molar-refractivity contribution in [2.75, 3.05) is 19.7 Å². The number of ketones is 1. The summed E-state index contributed by atoms with van der Waals surface area (Å²) in [4.78, 5) is 14.0. The minimum Gasteiger partial charge on any atom is -0.494 e.